The summed E-state index contributed by atoms with van der Waals surface area (Å²) in [5.41, 5.74) is -3.27. The molecule has 51 heavy (non-hydrogen) atoms. The van der Waals surface area contributed by atoms with Crippen LogP contribution in [0.25, 0.3) is 0 Å². The molecule has 3 N–H and O–H groups in total. The molecule has 1 aromatic rings. The lowest BCUT2D eigenvalue weighted by Crippen LogP contribution is -2.68. The normalized spacial score (nSPS) is 12.5. The highest BCUT2D eigenvalue weighted by molar-refractivity contribution is 5.24. The third-order valence-electron chi connectivity index (χ3n) is 12.1. The highest BCUT2D eigenvalue weighted by Gasteiger charge is 2.62. The van der Waals surface area contributed by atoms with Crippen molar-refractivity contribution in [2.75, 3.05) is 13.2 Å². The Morgan fingerprint density at radius 2 is 0.706 bits per heavy atom. The van der Waals surface area contributed by atoms with E-state index in [9.17, 15) is 15.3 Å². The Bertz CT molecular complexity index is 830. The Labute approximate surface area is 318 Å². The molecule has 0 aliphatic heterocycles. The topological polar surface area (TPSA) is 69.9 Å². The van der Waals surface area contributed by atoms with Crippen molar-refractivity contribution in [3.63, 3.8) is 0 Å². The molecule has 4 nitrogen and oxygen atoms in total. The average Bonchev–Trinajstić information content (AvgIpc) is 3.14. The van der Waals surface area contributed by atoms with Crippen LogP contribution >= 0.6 is 0 Å². The number of para-hydroxylation sites is 1. The van der Waals surface area contributed by atoms with E-state index in [1.165, 1.54) is 128 Å². The molecule has 0 atom stereocenters. The molecular weight excluding hydrogens is 629 g/mol. The predicted octanol–water partition coefficient (Wildman–Crippen LogP) is 14.1. The highest BCUT2D eigenvalue weighted by atomic mass is 16.5. The van der Waals surface area contributed by atoms with Crippen molar-refractivity contribution in [1.29, 1.82) is 0 Å². The third kappa shape index (κ3) is 18.7. The molecule has 0 saturated heterocycles. The zero-order chi connectivity index (χ0) is 37.4. The van der Waals surface area contributed by atoms with Gasteiger partial charge in [0.05, 0.1) is 24.2 Å². The van der Waals surface area contributed by atoms with Gasteiger partial charge in [-0.15, -0.1) is 0 Å². The number of benzene rings is 1. The van der Waals surface area contributed by atoms with Crippen LogP contribution in [-0.4, -0.2) is 39.7 Å². The summed E-state index contributed by atoms with van der Waals surface area (Å²) in [6.45, 7) is 8.51. The second-order valence-corrected chi connectivity index (χ2v) is 16.3. The van der Waals surface area contributed by atoms with Gasteiger partial charge in [-0.3, -0.25) is 0 Å². The van der Waals surface area contributed by atoms with Crippen LogP contribution in [0.5, 0.6) is 5.75 Å². The van der Waals surface area contributed by atoms with Crippen LogP contribution in [0.15, 0.2) is 30.3 Å². The number of aliphatic hydroxyl groups excluding tert-OH is 2. The molecule has 0 heterocycles. The SMILES string of the molecule is CCCCCCCCCC(O)(CCCCCCCCC)C(CO)(CO)C(CCCCCCCCC)(CCCCCCCCC)Oc1ccccc1. The van der Waals surface area contributed by atoms with E-state index in [-0.39, 0.29) is 13.2 Å². The van der Waals surface area contributed by atoms with Gasteiger partial charge in [0.1, 0.15) is 11.4 Å². The summed E-state index contributed by atoms with van der Waals surface area (Å²) in [4.78, 5) is 0. The molecule has 0 unspecified atom stereocenters. The van der Waals surface area contributed by atoms with Crippen molar-refractivity contribution in [1.82, 2.24) is 0 Å². The zero-order valence-electron chi connectivity index (χ0n) is 34.7. The van der Waals surface area contributed by atoms with E-state index >= 15 is 0 Å². The fourth-order valence-corrected chi connectivity index (χ4v) is 8.66. The Hall–Kier alpha value is -1.10. The van der Waals surface area contributed by atoms with Gasteiger partial charge in [-0.05, 0) is 50.7 Å². The number of unbranched alkanes of at least 4 members (excludes halogenated alkanes) is 24. The fourth-order valence-electron chi connectivity index (χ4n) is 8.66. The van der Waals surface area contributed by atoms with Gasteiger partial charge >= 0.3 is 0 Å². The first-order valence-electron chi connectivity index (χ1n) is 22.6. The van der Waals surface area contributed by atoms with E-state index in [2.05, 4.69) is 27.7 Å². The van der Waals surface area contributed by atoms with Crippen LogP contribution in [0.2, 0.25) is 0 Å². The maximum atomic E-state index is 13.2. The average molecular weight is 717 g/mol. The van der Waals surface area contributed by atoms with E-state index in [1.807, 2.05) is 30.3 Å². The first-order valence-corrected chi connectivity index (χ1v) is 22.6. The molecule has 0 spiro atoms. The van der Waals surface area contributed by atoms with Crippen molar-refractivity contribution in [3.8, 4) is 5.75 Å². The van der Waals surface area contributed by atoms with E-state index in [0.717, 1.165) is 70.0 Å². The van der Waals surface area contributed by atoms with Gasteiger partial charge in [0.25, 0.3) is 0 Å². The minimum Gasteiger partial charge on any atom is -0.486 e. The zero-order valence-corrected chi connectivity index (χ0v) is 34.7. The molecule has 300 valence electrons. The maximum Gasteiger partial charge on any atom is 0.122 e. The van der Waals surface area contributed by atoms with Crippen molar-refractivity contribution in [3.05, 3.63) is 30.3 Å². The monoisotopic (exact) mass is 717 g/mol. The lowest BCUT2D eigenvalue weighted by Gasteiger charge is -2.57. The number of hydrogen-bond donors (Lipinski definition) is 3. The van der Waals surface area contributed by atoms with Crippen LogP contribution in [0.3, 0.4) is 0 Å². The summed E-state index contributed by atoms with van der Waals surface area (Å²) in [7, 11) is 0. The third-order valence-corrected chi connectivity index (χ3v) is 12.1. The van der Waals surface area contributed by atoms with E-state index < -0.39 is 16.6 Å². The summed E-state index contributed by atoms with van der Waals surface area (Å²) >= 11 is 0. The van der Waals surface area contributed by atoms with E-state index in [4.69, 9.17) is 4.74 Å². The van der Waals surface area contributed by atoms with E-state index in [0.29, 0.717) is 12.8 Å². The number of hydrogen-bond acceptors (Lipinski definition) is 4. The molecule has 1 aromatic carbocycles. The lowest BCUT2D eigenvalue weighted by atomic mass is 9.56. The van der Waals surface area contributed by atoms with Gasteiger partial charge < -0.3 is 20.1 Å². The van der Waals surface area contributed by atoms with Crippen LogP contribution < -0.4 is 4.74 Å². The summed E-state index contributed by atoms with van der Waals surface area (Å²) < 4.78 is 7.25. The first-order chi connectivity index (χ1) is 24.9. The smallest absolute Gasteiger partial charge is 0.122 e. The summed E-state index contributed by atoms with van der Waals surface area (Å²) in [6, 6.07) is 10.1. The number of rotatable bonds is 38. The van der Waals surface area contributed by atoms with Gasteiger partial charge in [0.15, 0.2) is 0 Å². The molecular formula is C47H88O4. The second kappa shape index (κ2) is 31.3. The Kier molecular flexibility index (Phi) is 29.4. The van der Waals surface area contributed by atoms with Crippen molar-refractivity contribution < 1.29 is 20.1 Å². The first kappa shape index (κ1) is 47.9. The van der Waals surface area contributed by atoms with Crippen LogP contribution in [0.4, 0.5) is 0 Å². The summed E-state index contributed by atoms with van der Waals surface area (Å²) in [5, 5.41) is 36.7. The van der Waals surface area contributed by atoms with Gasteiger partial charge in [-0.25, -0.2) is 0 Å². The van der Waals surface area contributed by atoms with Gasteiger partial charge in [-0.2, -0.15) is 0 Å². The molecule has 0 aliphatic rings. The largest absolute Gasteiger partial charge is 0.486 e. The minimum atomic E-state index is -1.22. The second-order valence-electron chi connectivity index (χ2n) is 16.3. The quantitative estimate of drug-likeness (QED) is 0.0596. The molecule has 4 heteroatoms. The Morgan fingerprint density at radius 3 is 1.02 bits per heavy atom. The summed E-state index contributed by atoms with van der Waals surface area (Å²) in [6.07, 6.45) is 35.9. The molecule has 0 bridgehead atoms. The molecule has 0 aromatic heterocycles. The highest BCUT2D eigenvalue weighted by Crippen LogP contribution is 2.53. The van der Waals surface area contributed by atoms with Crippen molar-refractivity contribution >= 4 is 0 Å². The van der Waals surface area contributed by atoms with Gasteiger partial charge in [-0.1, -0.05) is 213 Å². The number of ether oxygens (including phenoxy) is 1. The predicted molar refractivity (Wildman–Crippen MR) is 222 cm³/mol. The maximum absolute atomic E-state index is 13.2. The van der Waals surface area contributed by atoms with E-state index in [1.54, 1.807) is 0 Å². The molecule has 0 radical (unpaired) electrons. The van der Waals surface area contributed by atoms with Crippen molar-refractivity contribution in [2.45, 2.75) is 244 Å². The Balaban J connectivity index is 3.51. The van der Waals surface area contributed by atoms with Crippen LogP contribution in [0, 0.1) is 5.41 Å². The Morgan fingerprint density at radius 1 is 0.412 bits per heavy atom. The molecule has 0 fully saturated rings. The molecule has 0 amide bonds. The summed E-state index contributed by atoms with van der Waals surface area (Å²) in [5.74, 6) is 0.781. The molecule has 0 aliphatic carbocycles. The fraction of sp³-hybridized carbons (Fsp3) is 0.872. The van der Waals surface area contributed by atoms with Crippen molar-refractivity contribution in [2.24, 2.45) is 5.41 Å². The molecule has 1 rings (SSSR count). The lowest BCUT2D eigenvalue weighted by molar-refractivity contribution is -0.232. The van der Waals surface area contributed by atoms with Crippen LogP contribution in [-0.2, 0) is 0 Å². The van der Waals surface area contributed by atoms with Crippen LogP contribution in [0.1, 0.15) is 233 Å². The standard InChI is InChI=1S/C47H88O4/c1-5-9-13-17-21-25-32-38-46(50,39-33-26-22-18-14-10-6-2)45(42-48,43-49)47(51-44-36-30-29-31-37-44,40-34-27-23-19-15-11-7-3)41-35-28-24-20-16-12-8-4/h29-31,36-37,48-50H,5-28,32-35,38-43H2,1-4H3. The minimum absolute atomic E-state index is 0.271. The van der Waals surface area contributed by atoms with Gasteiger partial charge in [0, 0.05) is 0 Å². The molecule has 0 saturated carbocycles. The van der Waals surface area contributed by atoms with Gasteiger partial charge in [0.2, 0.25) is 0 Å². The number of aliphatic hydroxyl groups is 3.